The van der Waals surface area contributed by atoms with Gasteiger partial charge in [-0.05, 0) is 18.7 Å². The SMILES string of the molecule is CC1C(C(=O)O)CCN1C(=O)c1cncc2ccccc12. The van der Waals surface area contributed by atoms with E-state index >= 15 is 0 Å². The van der Waals surface area contributed by atoms with Crippen LogP contribution >= 0.6 is 0 Å². The van der Waals surface area contributed by atoms with Crippen LogP contribution in [0.25, 0.3) is 10.8 Å². The number of pyridine rings is 1. The Morgan fingerprint density at radius 1 is 1.29 bits per heavy atom. The van der Waals surface area contributed by atoms with Gasteiger partial charge < -0.3 is 10.0 Å². The highest BCUT2D eigenvalue weighted by molar-refractivity contribution is 6.06. The molecule has 2 aromatic rings. The van der Waals surface area contributed by atoms with Crippen LogP contribution in [-0.4, -0.2) is 39.5 Å². The molecule has 1 amide bonds. The zero-order chi connectivity index (χ0) is 15.0. The molecule has 1 fully saturated rings. The third-order valence-corrected chi connectivity index (χ3v) is 4.23. The van der Waals surface area contributed by atoms with Crippen molar-refractivity contribution in [3.63, 3.8) is 0 Å². The number of amides is 1. The summed E-state index contributed by atoms with van der Waals surface area (Å²) in [6, 6.07) is 7.28. The summed E-state index contributed by atoms with van der Waals surface area (Å²) in [5.41, 5.74) is 0.533. The fourth-order valence-electron chi connectivity index (χ4n) is 3.00. The number of benzene rings is 1. The first-order valence-electron chi connectivity index (χ1n) is 6.96. The monoisotopic (exact) mass is 284 g/mol. The third-order valence-electron chi connectivity index (χ3n) is 4.23. The summed E-state index contributed by atoms with van der Waals surface area (Å²) in [6.07, 6.45) is 3.78. The van der Waals surface area contributed by atoms with E-state index < -0.39 is 11.9 Å². The summed E-state index contributed by atoms with van der Waals surface area (Å²) >= 11 is 0. The highest BCUT2D eigenvalue weighted by Crippen LogP contribution is 2.27. The molecule has 1 saturated heterocycles. The molecule has 0 bridgehead atoms. The van der Waals surface area contributed by atoms with Gasteiger partial charge in [0.05, 0.1) is 11.5 Å². The van der Waals surface area contributed by atoms with Crippen molar-refractivity contribution in [1.29, 1.82) is 0 Å². The van der Waals surface area contributed by atoms with Crippen molar-refractivity contribution in [1.82, 2.24) is 9.88 Å². The van der Waals surface area contributed by atoms with E-state index in [4.69, 9.17) is 0 Å². The summed E-state index contributed by atoms with van der Waals surface area (Å²) in [5, 5.41) is 10.9. The maximum atomic E-state index is 12.7. The topological polar surface area (TPSA) is 70.5 Å². The van der Waals surface area contributed by atoms with Crippen LogP contribution in [0.2, 0.25) is 0 Å². The van der Waals surface area contributed by atoms with Gasteiger partial charge in [-0.15, -0.1) is 0 Å². The van der Waals surface area contributed by atoms with E-state index in [1.54, 1.807) is 24.2 Å². The summed E-state index contributed by atoms with van der Waals surface area (Å²) < 4.78 is 0. The maximum absolute atomic E-state index is 12.7. The summed E-state index contributed by atoms with van der Waals surface area (Å²) in [5.74, 6) is -1.47. The Kier molecular flexibility index (Phi) is 3.33. The molecule has 1 N–H and O–H groups in total. The average Bonchev–Trinajstić information content (AvgIpc) is 2.88. The van der Waals surface area contributed by atoms with Gasteiger partial charge in [0, 0.05) is 30.4 Å². The van der Waals surface area contributed by atoms with Crippen molar-refractivity contribution in [2.45, 2.75) is 19.4 Å². The minimum Gasteiger partial charge on any atom is -0.481 e. The molecule has 0 radical (unpaired) electrons. The van der Waals surface area contributed by atoms with E-state index in [2.05, 4.69) is 4.98 Å². The minimum absolute atomic E-state index is 0.143. The van der Waals surface area contributed by atoms with Gasteiger partial charge in [-0.3, -0.25) is 14.6 Å². The zero-order valence-corrected chi connectivity index (χ0v) is 11.7. The molecule has 2 atom stereocenters. The highest BCUT2D eigenvalue weighted by Gasteiger charge is 2.38. The van der Waals surface area contributed by atoms with Crippen LogP contribution in [-0.2, 0) is 4.79 Å². The van der Waals surface area contributed by atoms with Crippen molar-refractivity contribution < 1.29 is 14.7 Å². The van der Waals surface area contributed by atoms with Gasteiger partial charge in [0.2, 0.25) is 0 Å². The Balaban J connectivity index is 1.97. The van der Waals surface area contributed by atoms with Crippen LogP contribution in [0.4, 0.5) is 0 Å². The van der Waals surface area contributed by atoms with E-state index in [0.29, 0.717) is 18.5 Å². The molecule has 5 nitrogen and oxygen atoms in total. The molecule has 1 aliphatic heterocycles. The number of aliphatic carboxylic acids is 1. The van der Waals surface area contributed by atoms with Gasteiger partial charge in [-0.25, -0.2) is 0 Å². The van der Waals surface area contributed by atoms with Crippen LogP contribution in [0.15, 0.2) is 36.7 Å². The third kappa shape index (κ3) is 2.24. The maximum Gasteiger partial charge on any atom is 0.308 e. The molecule has 1 aromatic carbocycles. The van der Waals surface area contributed by atoms with E-state index in [1.165, 1.54) is 0 Å². The molecule has 0 saturated carbocycles. The van der Waals surface area contributed by atoms with E-state index in [-0.39, 0.29) is 11.9 Å². The molecular weight excluding hydrogens is 268 g/mol. The molecular formula is C16H16N2O3. The highest BCUT2D eigenvalue weighted by atomic mass is 16.4. The van der Waals surface area contributed by atoms with Crippen molar-refractivity contribution >= 4 is 22.6 Å². The number of carbonyl (C=O) groups is 2. The molecule has 0 spiro atoms. The number of likely N-dealkylation sites (tertiary alicyclic amines) is 1. The lowest BCUT2D eigenvalue weighted by atomic mass is 10.0. The van der Waals surface area contributed by atoms with Gasteiger partial charge in [0.25, 0.3) is 5.91 Å². The molecule has 2 unspecified atom stereocenters. The normalized spacial score (nSPS) is 21.7. The first-order chi connectivity index (χ1) is 10.1. The predicted octanol–water partition coefficient (Wildman–Crippen LogP) is 2.17. The molecule has 2 heterocycles. The predicted molar refractivity (Wildman–Crippen MR) is 78.0 cm³/mol. The molecule has 1 aromatic heterocycles. The van der Waals surface area contributed by atoms with Crippen LogP contribution in [0.1, 0.15) is 23.7 Å². The number of carboxylic acids is 1. The lowest BCUT2D eigenvalue weighted by Crippen LogP contribution is -2.37. The molecule has 108 valence electrons. The van der Waals surface area contributed by atoms with Crippen LogP contribution in [0.3, 0.4) is 0 Å². The first kappa shape index (κ1) is 13.5. The van der Waals surface area contributed by atoms with Crippen LogP contribution < -0.4 is 0 Å². The zero-order valence-electron chi connectivity index (χ0n) is 11.7. The number of fused-ring (bicyclic) bond motifs is 1. The van der Waals surface area contributed by atoms with Gasteiger partial charge in [0.15, 0.2) is 0 Å². The van der Waals surface area contributed by atoms with Crippen LogP contribution in [0.5, 0.6) is 0 Å². The van der Waals surface area contributed by atoms with E-state index in [0.717, 1.165) is 10.8 Å². The standard InChI is InChI=1S/C16H16N2O3/c1-10-12(16(20)21)6-7-18(10)15(19)14-9-17-8-11-4-2-3-5-13(11)14/h2-5,8-10,12H,6-7H2,1H3,(H,20,21). The van der Waals surface area contributed by atoms with E-state index in [1.807, 2.05) is 24.3 Å². The summed E-state index contributed by atoms with van der Waals surface area (Å²) in [4.78, 5) is 29.7. The fraction of sp³-hybridized carbons (Fsp3) is 0.312. The Bertz CT molecular complexity index is 708. The number of nitrogens with zero attached hydrogens (tertiary/aromatic N) is 2. The second kappa shape index (κ2) is 5.16. The van der Waals surface area contributed by atoms with Gasteiger partial charge in [0.1, 0.15) is 0 Å². The minimum atomic E-state index is -0.839. The van der Waals surface area contributed by atoms with Gasteiger partial charge in [-0.2, -0.15) is 0 Å². The van der Waals surface area contributed by atoms with Crippen molar-refractivity contribution in [3.8, 4) is 0 Å². The van der Waals surface area contributed by atoms with Crippen molar-refractivity contribution in [2.75, 3.05) is 6.54 Å². The Labute approximate surface area is 122 Å². The first-order valence-corrected chi connectivity index (χ1v) is 6.96. The number of hydrogen-bond donors (Lipinski definition) is 1. The number of rotatable bonds is 2. The summed E-state index contributed by atoms with van der Waals surface area (Å²) in [7, 11) is 0. The Morgan fingerprint density at radius 2 is 2.05 bits per heavy atom. The quantitative estimate of drug-likeness (QED) is 0.917. The molecule has 3 rings (SSSR count). The molecule has 5 heteroatoms. The van der Waals surface area contributed by atoms with Gasteiger partial charge in [-0.1, -0.05) is 24.3 Å². The van der Waals surface area contributed by atoms with Gasteiger partial charge >= 0.3 is 5.97 Å². The number of carbonyl (C=O) groups excluding carboxylic acids is 1. The lowest BCUT2D eigenvalue weighted by molar-refractivity contribution is -0.142. The summed E-state index contributed by atoms with van der Waals surface area (Å²) in [6.45, 7) is 2.27. The number of carboxylic acid groups (broad SMARTS) is 1. The smallest absolute Gasteiger partial charge is 0.308 e. The largest absolute Gasteiger partial charge is 0.481 e. The van der Waals surface area contributed by atoms with Crippen molar-refractivity contribution in [2.24, 2.45) is 5.92 Å². The van der Waals surface area contributed by atoms with Crippen LogP contribution in [0, 0.1) is 5.92 Å². The molecule has 1 aliphatic rings. The van der Waals surface area contributed by atoms with Crippen molar-refractivity contribution in [3.05, 3.63) is 42.2 Å². The second-order valence-electron chi connectivity index (χ2n) is 5.38. The fourth-order valence-corrected chi connectivity index (χ4v) is 3.00. The average molecular weight is 284 g/mol. The Hall–Kier alpha value is -2.43. The molecule has 0 aliphatic carbocycles. The Morgan fingerprint density at radius 3 is 2.76 bits per heavy atom. The number of aromatic nitrogens is 1. The second-order valence-corrected chi connectivity index (χ2v) is 5.38. The van der Waals surface area contributed by atoms with E-state index in [9.17, 15) is 14.7 Å². The number of hydrogen-bond acceptors (Lipinski definition) is 3. The molecule has 21 heavy (non-hydrogen) atoms. The lowest BCUT2D eigenvalue weighted by Gasteiger charge is -2.23.